The molecule has 3 fully saturated rings. The van der Waals surface area contributed by atoms with Gasteiger partial charge in [0.2, 0.25) is 5.91 Å². The Bertz CT molecular complexity index is 348. The van der Waals surface area contributed by atoms with Crippen molar-refractivity contribution in [2.45, 2.75) is 70.0 Å². The SMILES string of the molecule is CCCCOCCN1C(=O)C2(CC2)NC1C1CCCC1. The van der Waals surface area contributed by atoms with Crippen molar-refractivity contribution in [1.82, 2.24) is 10.2 Å². The number of nitrogens with one attached hydrogen (secondary N) is 1. The molecule has 114 valence electrons. The van der Waals surface area contributed by atoms with Crippen molar-refractivity contribution in [3.8, 4) is 0 Å². The summed E-state index contributed by atoms with van der Waals surface area (Å²) in [4.78, 5) is 14.7. The Morgan fingerprint density at radius 2 is 2.05 bits per heavy atom. The van der Waals surface area contributed by atoms with E-state index in [4.69, 9.17) is 4.74 Å². The molecule has 1 amide bonds. The zero-order chi connectivity index (χ0) is 14.0. The van der Waals surface area contributed by atoms with Gasteiger partial charge in [-0.25, -0.2) is 0 Å². The fourth-order valence-corrected chi connectivity index (χ4v) is 3.70. The summed E-state index contributed by atoms with van der Waals surface area (Å²) in [5, 5.41) is 3.66. The van der Waals surface area contributed by atoms with E-state index in [1.54, 1.807) is 0 Å². The molecular weight excluding hydrogens is 252 g/mol. The summed E-state index contributed by atoms with van der Waals surface area (Å²) < 4.78 is 5.66. The Kier molecular flexibility index (Phi) is 4.32. The quantitative estimate of drug-likeness (QED) is 0.728. The van der Waals surface area contributed by atoms with Gasteiger partial charge in [-0.2, -0.15) is 0 Å². The van der Waals surface area contributed by atoms with Crippen molar-refractivity contribution >= 4 is 5.91 Å². The molecule has 4 heteroatoms. The Morgan fingerprint density at radius 3 is 2.70 bits per heavy atom. The number of amides is 1. The lowest BCUT2D eigenvalue weighted by Gasteiger charge is -2.28. The zero-order valence-corrected chi connectivity index (χ0v) is 12.7. The molecule has 1 saturated heterocycles. The van der Waals surface area contributed by atoms with E-state index < -0.39 is 0 Å². The van der Waals surface area contributed by atoms with E-state index in [-0.39, 0.29) is 11.7 Å². The molecule has 4 nitrogen and oxygen atoms in total. The smallest absolute Gasteiger partial charge is 0.244 e. The summed E-state index contributed by atoms with van der Waals surface area (Å²) >= 11 is 0. The first-order valence-corrected chi connectivity index (χ1v) is 8.43. The fraction of sp³-hybridized carbons (Fsp3) is 0.938. The Balaban J connectivity index is 1.55. The maximum absolute atomic E-state index is 12.6. The molecule has 0 bridgehead atoms. The van der Waals surface area contributed by atoms with Crippen molar-refractivity contribution in [2.75, 3.05) is 19.8 Å². The predicted octanol–water partition coefficient (Wildman–Crippen LogP) is 2.28. The summed E-state index contributed by atoms with van der Waals surface area (Å²) in [6, 6.07) is 0. The molecule has 2 saturated carbocycles. The van der Waals surface area contributed by atoms with E-state index in [1.165, 1.54) is 25.7 Å². The van der Waals surface area contributed by atoms with Crippen LogP contribution in [-0.4, -0.2) is 42.3 Å². The van der Waals surface area contributed by atoms with Crippen LogP contribution in [0.5, 0.6) is 0 Å². The number of hydrogen-bond donors (Lipinski definition) is 1. The van der Waals surface area contributed by atoms with Gasteiger partial charge in [0.25, 0.3) is 0 Å². The maximum Gasteiger partial charge on any atom is 0.244 e. The first kappa shape index (κ1) is 14.3. The molecule has 20 heavy (non-hydrogen) atoms. The second kappa shape index (κ2) is 6.02. The topological polar surface area (TPSA) is 41.6 Å². The molecule has 1 spiro atoms. The molecule has 1 aliphatic heterocycles. The first-order chi connectivity index (χ1) is 9.77. The summed E-state index contributed by atoms with van der Waals surface area (Å²) in [5.41, 5.74) is -0.170. The maximum atomic E-state index is 12.6. The van der Waals surface area contributed by atoms with Crippen LogP contribution in [-0.2, 0) is 9.53 Å². The Labute approximate surface area is 122 Å². The Morgan fingerprint density at radius 1 is 1.30 bits per heavy atom. The van der Waals surface area contributed by atoms with Crippen LogP contribution in [0.15, 0.2) is 0 Å². The summed E-state index contributed by atoms with van der Waals surface area (Å²) in [7, 11) is 0. The first-order valence-electron chi connectivity index (χ1n) is 8.43. The van der Waals surface area contributed by atoms with Crippen molar-refractivity contribution in [3.63, 3.8) is 0 Å². The lowest BCUT2D eigenvalue weighted by Crippen LogP contribution is -2.44. The number of carbonyl (C=O) groups excluding carboxylic acids is 1. The van der Waals surface area contributed by atoms with Crippen molar-refractivity contribution in [3.05, 3.63) is 0 Å². The fourth-order valence-electron chi connectivity index (χ4n) is 3.70. The van der Waals surface area contributed by atoms with Crippen LogP contribution in [0.25, 0.3) is 0 Å². The zero-order valence-electron chi connectivity index (χ0n) is 12.7. The molecule has 0 radical (unpaired) electrons. The van der Waals surface area contributed by atoms with Crippen molar-refractivity contribution in [1.29, 1.82) is 0 Å². The number of hydrogen-bond acceptors (Lipinski definition) is 3. The molecule has 1 unspecified atom stereocenters. The third kappa shape index (κ3) is 2.73. The van der Waals surface area contributed by atoms with E-state index in [0.29, 0.717) is 18.4 Å². The minimum atomic E-state index is -0.170. The lowest BCUT2D eigenvalue weighted by molar-refractivity contribution is -0.132. The lowest BCUT2D eigenvalue weighted by atomic mass is 10.0. The summed E-state index contributed by atoms with van der Waals surface area (Å²) in [5.74, 6) is 1.00. The third-order valence-corrected chi connectivity index (χ3v) is 5.15. The van der Waals surface area contributed by atoms with E-state index >= 15 is 0 Å². The van der Waals surface area contributed by atoms with E-state index in [2.05, 4.69) is 17.1 Å². The minimum absolute atomic E-state index is 0.170. The predicted molar refractivity (Wildman–Crippen MR) is 78.3 cm³/mol. The highest BCUT2D eigenvalue weighted by Gasteiger charge is 2.60. The van der Waals surface area contributed by atoms with Gasteiger partial charge >= 0.3 is 0 Å². The number of carbonyl (C=O) groups is 1. The molecule has 0 aromatic heterocycles. The van der Waals surface area contributed by atoms with Gasteiger partial charge in [-0.15, -0.1) is 0 Å². The second-order valence-corrected chi connectivity index (χ2v) is 6.68. The largest absolute Gasteiger partial charge is 0.380 e. The summed E-state index contributed by atoms with van der Waals surface area (Å²) in [6.45, 7) is 4.45. The average molecular weight is 280 g/mol. The second-order valence-electron chi connectivity index (χ2n) is 6.68. The highest BCUT2D eigenvalue weighted by atomic mass is 16.5. The molecule has 2 aliphatic carbocycles. The number of unbranched alkanes of at least 4 members (excludes halogenated alkanes) is 1. The van der Waals surface area contributed by atoms with E-state index in [9.17, 15) is 4.79 Å². The van der Waals surface area contributed by atoms with Gasteiger partial charge in [-0.05, 0) is 38.0 Å². The van der Waals surface area contributed by atoms with Crippen molar-refractivity contribution in [2.24, 2.45) is 5.92 Å². The van der Waals surface area contributed by atoms with Crippen LogP contribution in [0.3, 0.4) is 0 Å². The number of nitrogens with zero attached hydrogens (tertiary/aromatic N) is 1. The Hall–Kier alpha value is -0.610. The van der Waals surface area contributed by atoms with Gasteiger partial charge in [-0.1, -0.05) is 26.2 Å². The average Bonchev–Trinajstić information content (AvgIpc) is 2.93. The number of ether oxygens (including phenoxy) is 1. The number of rotatable bonds is 7. The highest BCUT2D eigenvalue weighted by Crippen LogP contribution is 2.45. The van der Waals surface area contributed by atoms with Crippen LogP contribution in [0, 0.1) is 5.92 Å². The molecule has 1 atom stereocenters. The normalized spacial score (nSPS) is 28.8. The van der Waals surface area contributed by atoms with Gasteiger partial charge in [0.1, 0.15) is 0 Å². The van der Waals surface area contributed by atoms with Gasteiger partial charge in [-0.3, -0.25) is 10.1 Å². The van der Waals surface area contributed by atoms with Gasteiger partial charge in [0, 0.05) is 13.2 Å². The van der Waals surface area contributed by atoms with Crippen LogP contribution >= 0.6 is 0 Å². The van der Waals surface area contributed by atoms with Crippen molar-refractivity contribution < 1.29 is 9.53 Å². The van der Waals surface area contributed by atoms with Gasteiger partial charge in [0.05, 0.1) is 18.3 Å². The van der Waals surface area contributed by atoms with Crippen LogP contribution < -0.4 is 5.32 Å². The standard InChI is InChI=1S/C16H28N2O2/c1-2-3-11-20-12-10-18-14(13-6-4-5-7-13)17-16(8-9-16)15(18)19/h13-14,17H,2-12H2,1H3. The monoisotopic (exact) mass is 280 g/mol. The van der Waals surface area contributed by atoms with Crippen LogP contribution in [0.4, 0.5) is 0 Å². The summed E-state index contributed by atoms with van der Waals surface area (Å²) in [6.07, 6.45) is 9.81. The molecule has 3 aliphatic rings. The van der Waals surface area contributed by atoms with E-state index in [1.807, 2.05) is 0 Å². The highest BCUT2D eigenvalue weighted by molar-refractivity contribution is 5.91. The minimum Gasteiger partial charge on any atom is -0.380 e. The van der Waals surface area contributed by atoms with Crippen LogP contribution in [0.1, 0.15) is 58.3 Å². The molecule has 0 aromatic carbocycles. The third-order valence-electron chi connectivity index (χ3n) is 5.15. The molecule has 1 N–H and O–H groups in total. The molecule has 3 rings (SSSR count). The van der Waals surface area contributed by atoms with Gasteiger partial charge in [0.15, 0.2) is 0 Å². The molecule has 1 heterocycles. The molecule has 0 aromatic rings. The van der Waals surface area contributed by atoms with Crippen LogP contribution in [0.2, 0.25) is 0 Å². The van der Waals surface area contributed by atoms with Gasteiger partial charge < -0.3 is 9.64 Å². The molecular formula is C16H28N2O2. The van der Waals surface area contributed by atoms with E-state index in [0.717, 1.165) is 38.8 Å².